The van der Waals surface area contributed by atoms with E-state index in [1.807, 2.05) is 24.3 Å². The summed E-state index contributed by atoms with van der Waals surface area (Å²) in [7, 11) is -3.56. The van der Waals surface area contributed by atoms with Crippen molar-refractivity contribution in [1.29, 1.82) is 0 Å². The highest BCUT2D eigenvalue weighted by atomic mass is 32.2. The third-order valence-electron chi connectivity index (χ3n) is 2.43. The van der Waals surface area contributed by atoms with Gasteiger partial charge in [-0.1, -0.05) is 30.3 Å². The Morgan fingerprint density at radius 3 is 2.41 bits per heavy atom. The smallest absolute Gasteiger partial charge is 0.235 e. The van der Waals surface area contributed by atoms with E-state index in [1.54, 1.807) is 12.1 Å². The highest BCUT2D eigenvalue weighted by molar-refractivity contribution is 7.89. The molecule has 1 N–H and O–H groups in total. The first-order valence-electron chi connectivity index (χ1n) is 5.20. The molecule has 17 heavy (non-hydrogen) atoms. The third-order valence-corrected chi connectivity index (χ3v) is 3.88. The quantitative estimate of drug-likeness (QED) is 0.894. The fourth-order valence-electron chi connectivity index (χ4n) is 1.59. The molecule has 0 saturated heterocycles. The molecule has 2 aromatic carbocycles. The molecule has 0 heterocycles. The van der Waals surface area contributed by atoms with E-state index < -0.39 is 16.6 Å². The summed E-state index contributed by atoms with van der Waals surface area (Å²) in [6, 6.07) is 12.4. The second-order valence-corrected chi connectivity index (χ2v) is 5.38. The number of benzene rings is 2. The van der Waals surface area contributed by atoms with Gasteiger partial charge in [-0.25, -0.2) is 18.2 Å². The minimum absolute atomic E-state index is 0.0881. The lowest BCUT2D eigenvalue weighted by Crippen LogP contribution is -2.26. The molecule has 0 atom stereocenters. The lowest BCUT2D eigenvalue weighted by atomic mass is 10.1. The van der Waals surface area contributed by atoms with Crippen LogP contribution in [0.4, 0.5) is 0 Å². The van der Waals surface area contributed by atoms with Gasteiger partial charge < -0.3 is 0 Å². The van der Waals surface area contributed by atoms with Crippen molar-refractivity contribution < 1.29 is 13.5 Å². The Morgan fingerprint density at radius 2 is 1.71 bits per heavy atom. The summed E-state index contributed by atoms with van der Waals surface area (Å²) in [5.41, 5.74) is 0. The van der Waals surface area contributed by atoms with Crippen LogP contribution in [0.15, 0.2) is 47.4 Å². The van der Waals surface area contributed by atoms with E-state index in [0.29, 0.717) is 0 Å². The first kappa shape index (κ1) is 12.0. The van der Waals surface area contributed by atoms with Crippen molar-refractivity contribution in [2.45, 2.75) is 4.90 Å². The second-order valence-electron chi connectivity index (χ2n) is 3.61. The van der Waals surface area contributed by atoms with Crippen molar-refractivity contribution in [1.82, 2.24) is 4.72 Å². The Labute approximate surface area is 99.9 Å². The lowest BCUT2D eigenvalue weighted by molar-refractivity contribution is 0.199. The molecule has 2 rings (SSSR count). The molecule has 0 aliphatic rings. The molecule has 0 fully saturated rings. The number of hydrogen-bond donors (Lipinski definition) is 1. The van der Waals surface area contributed by atoms with Crippen LogP contribution >= 0.6 is 0 Å². The van der Waals surface area contributed by atoms with Crippen molar-refractivity contribution in [2.75, 3.05) is 13.2 Å². The van der Waals surface area contributed by atoms with Gasteiger partial charge in [0.05, 0.1) is 11.5 Å². The molecular formula is C12H12NO3S. The topological polar surface area (TPSA) is 66.1 Å². The van der Waals surface area contributed by atoms with Crippen molar-refractivity contribution >= 4 is 20.8 Å². The molecule has 0 aliphatic heterocycles. The van der Waals surface area contributed by atoms with Crippen LogP contribution in [0, 0.1) is 0 Å². The molecule has 1 radical (unpaired) electrons. The molecular weight excluding hydrogens is 238 g/mol. The average molecular weight is 250 g/mol. The molecule has 0 aromatic heterocycles. The Hall–Kier alpha value is -1.43. The maximum absolute atomic E-state index is 11.8. The largest absolute Gasteiger partial charge is 0.240 e. The van der Waals surface area contributed by atoms with Crippen LogP contribution in [0.3, 0.4) is 0 Å². The molecule has 0 unspecified atom stereocenters. The Bertz CT molecular complexity index is 622. The zero-order valence-electron chi connectivity index (χ0n) is 9.09. The number of fused-ring (bicyclic) bond motifs is 1. The zero-order valence-corrected chi connectivity index (χ0v) is 9.91. The summed E-state index contributed by atoms with van der Waals surface area (Å²) in [5, 5.41) is 12.1. The number of rotatable bonds is 4. The van der Waals surface area contributed by atoms with Crippen LogP contribution in [0.1, 0.15) is 0 Å². The fraction of sp³-hybridized carbons (Fsp3) is 0.167. The van der Waals surface area contributed by atoms with Crippen LogP contribution in [0.2, 0.25) is 0 Å². The number of hydrogen-bond acceptors (Lipinski definition) is 2. The highest BCUT2D eigenvalue weighted by Gasteiger charge is 2.13. The van der Waals surface area contributed by atoms with Crippen molar-refractivity contribution in [3.8, 4) is 0 Å². The first-order chi connectivity index (χ1) is 8.13. The summed E-state index contributed by atoms with van der Waals surface area (Å²) in [4.78, 5) is 0.185. The minimum atomic E-state index is -3.56. The van der Waals surface area contributed by atoms with Gasteiger partial charge in [-0.15, -0.1) is 0 Å². The van der Waals surface area contributed by atoms with Gasteiger partial charge in [0, 0.05) is 6.54 Å². The summed E-state index contributed by atoms with van der Waals surface area (Å²) in [5.74, 6) is 0. The summed E-state index contributed by atoms with van der Waals surface area (Å²) < 4.78 is 25.8. The van der Waals surface area contributed by atoms with E-state index in [-0.39, 0.29) is 11.4 Å². The van der Waals surface area contributed by atoms with Crippen LogP contribution < -0.4 is 4.72 Å². The van der Waals surface area contributed by atoms with E-state index in [0.717, 1.165) is 10.8 Å². The fourth-order valence-corrected chi connectivity index (χ4v) is 2.64. The zero-order chi connectivity index (χ0) is 12.3. The predicted molar refractivity (Wildman–Crippen MR) is 64.7 cm³/mol. The average Bonchev–Trinajstić information content (AvgIpc) is 2.36. The van der Waals surface area contributed by atoms with E-state index in [4.69, 9.17) is 0 Å². The van der Waals surface area contributed by atoms with E-state index in [9.17, 15) is 13.5 Å². The van der Waals surface area contributed by atoms with E-state index in [1.165, 1.54) is 6.07 Å². The molecule has 0 amide bonds. The van der Waals surface area contributed by atoms with Gasteiger partial charge >= 0.3 is 0 Å². The van der Waals surface area contributed by atoms with Gasteiger partial charge in [0.1, 0.15) is 0 Å². The molecule has 0 saturated carbocycles. The summed E-state index contributed by atoms with van der Waals surface area (Å²) >= 11 is 0. The summed E-state index contributed by atoms with van der Waals surface area (Å²) in [6.45, 7) is -0.554. The van der Waals surface area contributed by atoms with Gasteiger partial charge in [-0.3, -0.25) is 0 Å². The Balaban J connectivity index is 2.42. The summed E-state index contributed by atoms with van der Waals surface area (Å²) in [6.07, 6.45) is 0. The van der Waals surface area contributed by atoms with Gasteiger partial charge in [0.25, 0.3) is 0 Å². The van der Waals surface area contributed by atoms with Crippen LogP contribution in [-0.4, -0.2) is 21.6 Å². The second kappa shape index (κ2) is 4.83. The van der Waals surface area contributed by atoms with Gasteiger partial charge in [-0.05, 0) is 22.9 Å². The van der Waals surface area contributed by atoms with Crippen molar-refractivity contribution in [2.24, 2.45) is 0 Å². The minimum Gasteiger partial charge on any atom is -0.235 e. The number of sulfonamides is 1. The Morgan fingerprint density at radius 1 is 1.00 bits per heavy atom. The standard InChI is InChI=1S/C12H12NO3S/c14-8-7-13-17(15,16)12-6-5-10-3-1-2-4-11(10)9-12/h1-6,9,13H,7-8H2. The van der Waals surface area contributed by atoms with Gasteiger partial charge in [-0.2, -0.15) is 0 Å². The molecule has 89 valence electrons. The molecule has 0 aliphatic carbocycles. The molecule has 5 heteroatoms. The van der Waals surface area contributed by atoms with E-state index in [2.05, 4.69) is 4.72 Å². The normalized spacial score (nSPS) is 11.8. The van der Waals surface area contributed by atoms with Crippen molar-refractivity contribution in [3.63, 3.8) is 0 Å². The maximum atomic E-state index is 11.8. The van der Waals surface area contributed by atoms with Gasteiger partial charge in [0.15, 0.2) is 0 Å². The van der Waals surface area contributed by atoms with Crippen molar-refractivity contribution in [3.05, 3.63) is 42.5 Å². The Kier molecular flexibility index (Phi) is 3.42. The van der Waals surface area contributed by atoms with Crippen LogP contribution in [0.25, 0.3) is 10.8 Å². The first-order valence-corrected chi connectivity index (χ1v) is 6.68. The maximum Gasteiger partial charge on any atom is 0.240 e. The number of nitrogens with one attached hydrogen (secondary N) is 1. The monoisotopic (exact) mass is 250 g/mol. The molecule has 2 aromatic rings. The van der Waals surface area contributed by atoms with Crippen LogP contribution in [0.5, 0.6) is 0 Å². The SMILES string of the molecule is [O]CCNS(=O)(=O)c1ccc2ccccc2c1. The molecule has 0 bridgehead atoms. The molecule has 0 spiro atoms. The van der Waals surface area contributed by atoms with E-state index >= 15 is 0 Å². The molecule has 4 nitrogen and oxygen atoms in total. The lowest BCUT2D eigenvalue weighted by Gasteiger charge is -2.06. The predicted octanol–water partition coefficient (Wildman–Crippen LogP) is 1.55. The third kappa shape index (κ3) is 2.63. The highest BCUT2D eigenvalue weighted by Crippen LogP contribution is 2.18. The van der Waals surface area contributed by atoms with Crippen LogP contribution in [-0.2, 0) is 15.1 Å². The van der Waals surface area contributed by atoms with Gasteiger partial charge in [0.2, 0.25) is 10.0 Å².